The minimum absolute atomic E-state index is 0.243. The molecule has 1 heterocycles. The lowest BCUT2D eigenvalue weighted by atomic mass is 10.0. The van der Waals surface area contributed by atoms with Crippen LogP contribution in [0.4, 0.5) is 0 Å². The van der Waals surface area contributed by atoms with Gasteiger partial charge in [-0.05, 0) is 6.92 Å². The summed E-state index contributed by atoms with van der Waals surface area (Å²) in [5.74, 6) is 2.44. The molecule has 0 aromatic heterocycles. The molecule has 1 aromatic rings. The standard InChI is InChI=1S/C13H17NOS/c1-10-8-16-9-12(14-10)7-13(15)11-5-3-2-4-6-11/h2-6,10,12,14H,7-9H2,1H3. The predicted octanol–water partition coefficient (Wildman–Crippen LogP) is 2.35. The van der Waals surface area contributed by atoms with Crippen LogP contribution in [-0.4, -0.2) is 29.4 Å². The van der Waals surface area contributed by atoms with Crippen LogP contribution in [0.5, 0.6) is 0 Å². The number of rotatable bonds is 3. The van der Waals surface area contributed by atoms with Gasteiger partial charge in [0.25, 0.3) is 0 Å². The van der Waals surface area contributed by atoms with Gasteiger partial charge in [0.05, 0.1) is 0 Å². The van der Waals surface area contributed by atoms with Gasteiger partial charge in [0.15, 0.2) is 5.78 Å². The largest absolute Gasteiger partial charge is 0.309 e. The third-order valence-electron chi connectivity index (χ3n) is 2.73. The summed E-state index contributed by atoms with van der Waals surface area (Å²) < 4.78 is 0. The number of hydrogen-bond acceptors (Lipinski definition) is 3. The average Bonchev–Trinajstić information content (AvgIpc) is 2.30. The van der Waals surface area contributed by atoms with Gasteiger partial charge in [0, 0.05) is 35.6 Å². The van der Waals surface area contributed by atoms with Crippen LogP contribution in [-0.2, 0) is 0 Å². The highest BCUT2D eigenvalue weighted by Crippen LogP contribution is 2.16. The zero-order valence-electron chi connectivity index (χ0n) is 9.48. The van der Waals surface area contributed by atoms with Crippen molar-refractivity contribution in [3.8, 4) is 0 Å². The van der Waals surface area contributed by atoms with Crippen LogP contribution < -0.4 is 5.32 Å². The fraction of sp³-hybridized carbons (Fsp3) is 0.462. The smallest absolute Gasteiger partial charge is 0.164 e. The van der Waals surface area contributed by atoms with Crippen molar-refractivity contribution in [1.29, 1.82) is 0 Å². The zero-order chi connectivity index (χ0) is 11.4. The van der Waals surface area contributed by atoms with Crippen molar-refractivity contribution in [2.24, 2.45) is 0 Å². The molecule has 16 heavy (non-hydrogen) atoms. The van der Waals surface area contributed by atoms with Gasteiger partial charge in [-0.15, -0.1) is 0 Å². The molecule has 2 nitrogen and oxygen atoms in total. The maximum absolute atomic E-state index is 12.0. The highest BCUT2D eigenvalue weighted by atomic mass is 32.2. The molecule has 0 aliphatic carbocycles. The number of hydrogen-bond donors (Lipinski definition) is 1. The van der Waals surface area contributed by atoms with E-state index >= 15 is 0 Å². The Morgan fingerprint density at radius 2 is 2.12 bits per heavy atom. The number of carbonyl (C=O) groups excluding carboxylic acids is 1. The summed E-state index contributed by atoms with van der Waals surface area (Å²) in [6, 6.07) is 10.4. The van der Waals surface area contributed by atoms with Crippen molar-refractivity contribution in [2.45, 2.75) is 25.4 Å². The number of nitrogens with one attached hydrogen (secondary N) is 1. The Hall–Kier alpha value is -0.800. The van der Waals surface area contributed by atoms with E-state index in [1.54, 1.807) is 0 Å². The summed E-state index contributed by atoms with van der Waals surface area (Å²) in [5, 5.41) is 3.48. The molecule has 2 unspecified atom stereocenters. The van der Waals surface area contributed by atoms with E-state index in [0.717, 1.165) is 17.1 Å². The first-order valence-electron chi connectivity index (χ1n) is 5.68. The minimum atomic E-state index is 0.243. The lowest BCUT2D eigenvalue weighted by Gasteiger charge is -2.27. The van der Waals surface area contributed by atoms with Crippen LogP contribution in [0.3, 0.4) is 0 Å². The molecule has 2 atom stereocenters. The molecule has 0 bridgehead atoms. The average molecular weight is 235 g/mol. The van der Waals surface area contributed by atoms with Crippen LogP contribution in [0.25, 0.3) is 0 Å². The van der Waals surface area contributed by atoms with E-state index < -0.39 is 0 Å². The highest BCUT2D eigenvalue weighted by Gasteiger charge is 2.21. The van der Waals surface area contributed by atoms with Gasteiger partial charge < -0.3 is 5.32 Å². The van der Waals surface area contributed by atoms with Crippen LogP contribution in [0.1, 0.15) is 23.7 Å². The van der Waals surface area contributed by atoms with Crippen molar-refractivity contribution in [1.82, 2.24) is 5.32 Å². The van der Waals surface area contributed by atoms with Gasteiger partial charge in [-0.3, -0.25) is 4.79 Å². The third kappa shape index (κ3) is 3.09. The van der Waals surface area contributed by atoms with Gasteiger partial charge >= 0.3 is 0 Å². The first kappa shape index (κ1) is 11.7. The summed E-state index contributed by atoms with van der Waals surface area (Å²) in [7, 11) is 0. The van der Waals surface area contributed by atoms with Crippen LogP contribution >= 0.6 is 11.8 Å². The summed E-state index contributed by atoms with van der Waals surface area (Å²) in [4.78, 5) is 12.0. The maximum Gasteiger partial charge on any atom is 0.164 e. The van der Waals surface area contributed by atoms with Crippen molar-refractivity contribution in [2.75, 3.05) is 11.5 Å². The van der Waals surface area contributed by atoms with Crippen LogP contribution in [0, 0.1) is 0 Å². The zero-order valence-corrected chi connectivity index (χ0v) is 10.3. The molecule has 1 aliphatic heterocycles. The van der Waals surface area contributed by atoms with Crippen molar-refractivity contribution in [3.05, 3.63) is 35.9 Å². The second-order valence-electron chi connectivity index (χ2n) is 4.30. The molecule has 3 heteroatoms. The lowest BCUT2D eigenvalue weighted by molar-refractivity contribution is 0.0970. The Bertz CT molecular complexity index is 352. The molecule has 1 N–H and O–H groups in total. The minimum Gasteiger partial charge on any atom is -0.309 e. The van der Waals surface area contributed by atoms with Gasteiger partial charge in [-0.2, -0.15) is 11.8 Å². The Labute approximate surface area is 101 Å². The molecule has 86 valence electrons. The van der Waals surface area contributed by atoms with E-state index in [2.05, 4.69) is 12.2 Å². The Kier molecular flexibility index (Phi) is 4.02. The molecule has 0 saturated carbocycles. The molecule has 0 spiro atoms. The summed E-state index contributed by atoms with van der Waals surface area (Å²) >= 11 is 1.93. The molecule has 1 aromatic carbocycles. The maximum atomic E-state index is 12.0. The van der Waals surface area contributed by atoms with Crippen LogP contribution in [0.2, 0.25) is 0 Å². The number of ketones is 1. The van der Waals surface area contributed by atoms with Gasteiger partial charge in [-0.25, -0.2) is 0 Å². The highest BCUT2D eigenvalue weighted by molar-refractivity contribution is 7.99. The van der Waals surface area contributed by atoms with E-state index in [1.807, 2.05) is 42.1 Å². The van der Waals surface area contributed by atoms with Crippen LogP contribution in [0.15, 0.2) is 30.3 Å². The number of carbonyl (C=O) groups is 1. The number of benzene rings is 1. The van der Waals surface area contributed by atoms with E-state index in [9.17, 15) is 4.79 Å². The van der Waals surface area contributed by atoms with E-state index in [4.69, 9.17) is 0 Å². The number of Topliss-reactive ketones (excluding diaryl/α,β-unsaturated/α-hetero) is 1. The molecule has 2 rings (SSSR count). The molecule has 1 saturated heterocycles. The first-order chi connectivity index (χ1) is 7.75. The van der Waals surface area contributed by atoms with Crippen molar-refractivity contribution < 1.29 is 4.79 Å². The second-order valence-corrected chi connectivity index (χ2v) is 5.37. The summed E-state index contributed by atoms with van der Waals surface area (Å²) in [5.41, 5.74) is 0.826. The first-order valence-corrected chi connectivity index (χ1v) is 6.83. The molecular formula is C13H17NOS. The summed E-state index contributed by atoms with van der Waals surface area (Å²) in [6.45, 7) is 2.17. The van der Waals surface area contributed by atoms with Gasteiger partial charge in [0.2, 0.25) is 0 Å². The summed E-state index contributed by atoms with van der Waals surface area (Å²) in [6.07, 6.45) is 0.612. The Balaban J connectivity index is 1.92. The topological polar surface area (TPSA) is 29.1 Å². The van der Waals surface area contributed by atoms with E-state index in [1.165, 1.54) is 0 Å². The fourth-order valence-corrected chi connectivity index (χ4v) is 3.05. The van der Waals surface area contributed by atoms with Gasteiger partial charge in [-0.1, -0.05) is 30.3 Å². The lowest BCUT2D eigenvalue weighted by Crippen LogP contribution is -2.44. The second kappa shape index (κ2) is 5.51. The quantitative estimate of drug-likeness (QED) is 0.815. The van der Waals surface area contributed by atoms with Crippen molar-refractivity contribution in [3.63, 3.8) is 0 Å². The molecule has 0 radical (unpaired) electrons. The van der Waals surface area contributed by atoms with Crippen molar-refractivity contribution >= 4 is 17.5 Å². The Morgan fingerprint density at radius 3 is 2.81 bits per heavy atom. The van der Waals surface area contributed by atoms with E-state index in [-0.39, 0.29) is 5.78 Å². The molecular weight excluding hydrogens is 218 g/mol. The molecule has 1 fully saturated rings. The Morgan fingerprint density at radius 1 is 1.38 bits per heavy atom. The third-order valence-corrected chi connectivity index (χ3v) is 4.11. The molecule has 0 amide bonds. The normalized spacial score (nSPS) is 25.3. The van der Waals surface area contributed by atoms with E-state index in [0.29, 0.717) is 18.5 Å². The molecule has 1 aliphatic rings. The monoisotopic (exact) mass is 235 g/mol. The SMILES string of the molecule is CC1CSCC(CC(=O)c2ccccc2)N1. The predicted molar refractivity (Wildman–Crippen MR) is 69.1 cm³/mol. The van der Waals surface area contributed by atoms with Gasteiger partial charge in [0.1, 0.15) is 0 Å². The number of thioether (sulfide) groups is 1. The fourth-order valence-electron chi connectivity index (χ4n) is 1.97.